The molecule has 0 atom stereocenters. The Morgan fingerprint density at radius 2 is 0.418 bits per heavy atom. The van der Waals surface area contributed by atoms with E-state index in [0.717, 1.165) is 11.3 Å². The van der Waals surface area contributed by atoms with Gasteiger partial charge in [0.1, 0.15) is 0 Å². The van der Waals surface area contributed by atoms with Gasteiger partial charge in [0.15, 0.2) is 0 Å². The van der Waals surface area contributed by atoms with Gasteiger partial charge in [-0.1, -0.05) is 279 Å². The summed E-state index contributed by atoms with van der Waals surface area (Å²) < 4.78 is 24.2. The van der Waals surface area contributed by atoms with Crippen molar-refractivity contribution in [1.29, 1.82) is 0 Å². The molecule has 29 rings (SSSR count). The molecular weight excluding hydrogens is 1780 g/mol. The molecule has 0 radical (unpaired) electrons. The van der Waals surface area contributed by atoms with Crippen LogP contribution in [0.15, 0.2) is 437 Å². The third-order valence-electron chi connectivity index (χ3n) is 29.6. The zero-order valence-electron chi connectivity index (χ0n) is 85.5. The Morgan fingerprint density at radius 1 is 0.158 bits per heavy atom. The number of para-hydroxylation sites is 16. The smallest absolute Gasteiger partial charge is 0.216 e. The van der Waals surface area contributed by atoms with Crippen molar-refractivity contribution < 1.29 is 0 Å². The fourth-order valence-corrected chi connectivity index (χ4v) is 24.1. The van der Waals surface area contributed by atoms with Gasteiger partial charge in [-0.05, 0) is 273 Å². The van der Waals surface area contributed by atoms with E-state index in [1.165, 1.54) is 225 Å². The minimum atomic E-state index is -0.0480. The van der Waals surface area contributed by atoms with Gasteiger partial charge in [-0.25, -0.2) is 4.98 Å². The molecule has 0 unspecified atom stereocenters. The van der Waals surface area contributed by atoms with E-state index >= 15 is 0 Å². The molecule has 29 aromatic rings. The van der Waals surface area contributed by atoms with Crippen LogP contribution in [-0.2, 0) is 27.7 Å². The van der Waals surface area contributed by atoms with Gasteiger partial charge >= 0.3 is 0 Å². The molecule has 0 saturated heterocycles. The minimum absolute atomic E-state index is 0.00104. The van der Waals surface area contributed by atoms with Crippen molar-refractivity contribution in [3.8, 4) is 33.9 Å². The van der Waals surface area contributed by atoms with Crippen LogP contribution in [0, 0.1) is 0 Å². The van der Waals surface area contributed by atoms with E-state index < -0.39 is 0 Å². The summed E-state index contributed by atoms with van der Waals surface area (Å²) in [6, 6.07) is 157. The van der Waals surface area contributed by atoms with Gasteiger partial charge in [0.05, 0.1) is 82.8 Å². The second-order valence-electron chi connectivity index (χ2n) is 44.1. The molecule has 0 aliphatic rings. The number of nitrogens with zero attached hydrogens (tertiary/aromatic N) is 11. The zero-order chi connectivity index (χ0) is 99.7. The van der Waals surface area contributed by atoms with Crippen LogP contribution >= 0.6 is 0 Å². The SMILES string of the molecule is CC(C)(C)n1c2ccccc2c2c3c(ccc21)c1ccccc1n3-c1ccccc1.CC(C)(C)n1c2ccccc2c2cc(-c3ccc4c(c3)c3ccccc3n4-c3ccccc3)ccc21.CC(C)(C)n1c2ccccc2c2ccc3c(c4ccccc4n3-c3ccccc3)c21.CC(C)(C)n1c2ccccc2c2ccc3c4ccccc4n(-c4ccccc4)c3c21.CC(C)(C)n1c2ccccc2n2c3ccccc3nc12. The monoisotopic (exact) mass is 1890 g/mol. The maximum Gasteiger partial charge on any atom is 0.216 e. The van der Waals surface area contributed by atoms with Crippen LogP contribution in [0.2, 0.25) is 0 Å². The molecule has 11 heteroatoms. The van der Waals surface area contributed by atoms with Gasteiger partial charge < -0.3 is 41.1 Å². The van der Waals surface area contributed by atoms with Crippen LogP contribution in [0.5, 0.6) is 0 Å². The lowest BCUT2D eigenvalue weighted by molar-refractivity contribution is 0.419. The minimum Gasteiger partial charge on any atom is -0.335 e. The summed E-state index contributed by atoms with van der Waals surface area (Å²) >= 11 is 0. The average Bonchev–Trinajstić information content (AvgIpc) is 1.53. The molecule has 0 aliphatic carbocycles. The van der Waals surface area contributed by atoms with Crippen LogP contribution in [0.4, 0.5) is 0 Å². The second kappa shape index (κ2) is 34.3. The largest absolute Gasteiger partial charge is 0.335 e. The summed E-state index contributed by atoms with van der Waals surface area (Å²) in [7, 11) is 0. The lowest BCUT2D eigenvalue weighted by Crippen LogP contribution is -2.21. The number of hydrogen-bond acceptors (Lipinski definition) is 1. The molecule has 19 aromatic carbocycles. The molecule has 0 aliphatic heterocycles. The highest BCUT2D eigenvalue weighted by molar-refractivity contribution is 6.29. The van der Waals surface area contributed by atoms with Crippen LogP contribution in [0.3, 0.4) is 0 Å². The number of benzene rings is 19. The standard InChI is InChI=1S/C34H28N2.3C28H24N2.C17H17N3/c1-34(2,3)36-32-16-10-8-14-27(32)29-22-24(18-20-33(29)36)23-17-19-31-28(21-23)26-13-7-9-15-30(26)35(31)25-11-5-4-6-12-25;1-28(2,3)30-24-16-10-7-13-20(24)21-17-18-25-26(27(21)30)22-14-8-9-15-23(22)29(25)19-11-5-4-6-12-19;1-28(2,3)30-24-16-10-8-14-22(24)26-25(30)18-17-21-20-13-7-9-15-23(20)29(27(21)26)19-11-5-4-6-12-19;1-28(2,3)30-25-16-10-8-14-21(25)23-18-17-22-20-13-7-9-15-24(20)29(26(22)27(23)30)19-11-5-4-6-12-19;1-17(2,3)20-15-11-7-6-10-14(15)19-13-9-5-4-8-12(13)18-16(19)20/h4-22H,1-3H3;3*4-18H,1-3H3;4-11H,1-3H3. The summed E-state index contributed by atoms with van der Waals surface area (Å²) in [6.45, 7) is 34.2. The molecule has 11 nitrogen and oxygen atoms in total. The first-order valence-corrected chi connectivity index (χ1v) is 51.3. The maximum atomic E-state index is 4.84. The highest BCUT2D eigenvalue weighted by Crippen LogP contribution is 2.49. The van der Waals surface area contributed by atoms with Crippen LogP contribution < -0.4 is 0 Å². The number of aromatic nitrogens is 11. The predicted octanol–water partition coefficient (Wildman–Crippen LogP) is 36.5. The molecule has 0 fully saturated rings. The summed E-state index contributed by atoms with van der Waals surface area (Å²) in [5.74, 6) is 1.01. The molecule has 0 N–H and O–H groups in total. The number of hydrogen-bond donors (Lipinski definition) is 0. The van der Waals surface area contributed by atoms with Crippen molar-refractivity contribution >= 4 is 202 Å². The molecule has 0 bridgehead atoms. The normalized spacial score (nSPS) is 12.5. The molecule has 146 heavy (non-hydrogen) atoms. The van der Waals surface area contributed by atoms with Gasteiger partial charge in [0.25, 0.3) is 0 Å². The van der Waals surface area contributed by atoms with E-state index in [1.807, 2.05) is 6.07 Å². The molecule has 10 heterocycles. The number of fused-ring (bicyclic) bond motifs is 32. The van der Waals surface area contributed by atoms with Crippen molar-refractivity contribution in [2.24, 2.45) is 0 Å². The van der Waals surface area contributed by atoms with Gasteiger partial charge in [-0.15, -0.1) is 0 Å². The third kappa shape index (κ3) is 14.5. The first kappa shape index (κ1) is 90.1. The van der Waals surface area contributed by atoms with Crippen molar-refractivity contribution in [2.45, 2.75) is 132 Å². The van der Waals surface area contributed by atoms with Gasteiger partial charge in [0.2, 0.25) is 5.78 Å². The lowest BCUT2D eigenvalue weighted by Gasteiger charge is -2.25. The van der Waals surface area contributed by atoms with E-state index in [9.17, 15) is 0 Å². The van der Waals surface area contributed by atoms with E-state index in [4.69, 9.17) is 4.98 Å². The van der Waals surface area contributed by atoms with E-state index in [1.54, 1.807) is 0 Å². The van der Waals surface area contributed by atoms with Gasteiger partial charge in [0, 0.05) is 164 Å². The van der Waals surface area contributed by atoms with Gasteiger partial charge in [-0.2, -0.15) is 0 Å². The van der Waals surface area contributed by atoms with E-state index in [0.29, 0.717) is 0 Å². The quantitative estimate of drug-likeness (QED) is 0.169. The van der Waals surface area contributed by atoms with Gasteiger partial charge in [-0.3, -0.25) is 4.40 Å². The first-order valence-electron chi connectivity index (χ1n) is 51.3. The zero-order valence-corrected chi connectivity index (χ0v) is 85.5. The average molecular weight is 1890 g/mol. The van der Waals surface area contributed by atoms with Crippen molar-refractivity contribution in [2.75, 3.05) is 0 Å². The summed E-state index contributed by atoms with van der Waals surface area (Å²) in [4.78, 5) is 4.84. The first-order chi connectivity index (χ1) is 70.7. The predicted molar refractivity (Wildman–Crippen MR) is 624 cm³/mol. The summed E-state index contributed by atoms with van der Waals surface area (Å²) in [6.07, 6.45) is 0. The molecular formula is C135H117N11. The van der Waals surface area contributed by atoms with Crippen molar-refractivity contribution in [3.63, 3.8) is 0 Å². The Morgan fingerprint density at radius 3 is 0.890 bits per heavy atom. The summed E-state index contributed by atoms with van der Waals surface area (Å²) in [5, 5.41) is 20.9. The van der Waals surface area contributed by atoms with Crippen LogP contribution in [0.25, 0.3) is 236 Å². The second-order valence-corrected chi connectivity index (χ2v) is 44.1. The Kier molecular flexibility index (Phi) is 21.2. The molecule has 0 saturated carbocycles. The highest BCUT2D eigenvalue weighted by atomic mass is 15.2. The highest BCUT2D eigenvalue weighted by Gasteiger charge is 2.32. The Labute approximate surface area is 849 Å². The van der Waals surface area contributed by atoms with E-state index in [-0.39, 0.29) is 27.7 Å². The van der Waals surface area contributed by atoms with Crippen LogP contribution in [0.1, 0.15) is 104 Å². The fourth-order valence-electron chi connectivity index (χ4n) is 24.1. The van der Waals surface area contributed by atoms with Crippen molar-refractivity contribution in [3.05, 3.63) is 437 Å². The Balaban J connectivity index is 0.0000000961. The Bertz CT molecular complexity index is 10200. The number of imidazole rings is 2. The molecule has 0 amide bonds. The molecule has 712 valence electrons. The Hall–Kier alpha value is -17.2. The van der Waals surface area contributed by atoms with Crippen LogP contribution in [-0.4, -0.2) is 50.5 Å². The fraction of sp³-hybridized carbons (Fsp3) is 0.148. The topological polar surface area (TPSA) is 61.7 Å². The number of rotatable bonds is 5. The maximum absolute atomic E-state index is 4.84. The van der Waals surface area contributed by atoms with E-state index in [2.05, 4.69) is 580 Å². The summed E-state index contributed by atoms with van der Waals surface area (Å²) in [5.41, 5.74) is 32.2. The molecule has 0 spiro atoms. The third-order valence-corrected chi connectivity index (χ3v) is 29.6. The lowest BCUT2D eigenvalue weighted by atomic mass is 10.0. The van der Waals surface area contributed by atoms with Crippen molar-refractivity contribution in [1.82, 2.24) is 50.5 Å². The molecule has 10 aromatic heterocycles.